The van der Waals surface area contributed by atoms with Gasteiger partial charge in [-0.25, -0.2) is 4.99 Å². The van der Waals surface area contributed by atoms with Gasteiger partial charge in [-0.2, -0.15) is 0 Å². The van der Waals surface area contributed by atoms with E-state index in [1.165, 1.54) is 0 Å². The molecule has 0 aliphatic carbocycles. The first kappa shape index (κ1) is 15.3. The first-order valence-electron chi connectivity index (χ1n) is 7.26. The molecule has 0 radical (unpaired) electrons. The summed E-state index contributed by atoms with van der Waals surface area (Å²) in [5.74, 6) is 1.07. The number of nitrogens with zero attached hydrogens (tertiary/aromatic N) is 1. The highest BCUT2D eigenvalue weighted by Gasteiger charge is 2.21. The van der Waals surface area contributed by atoms with E-state index in [0.29, 0.717) is 23.2 Å². The van der Waals surface area contributed by atoms with E-state index in [2.05, 4.69) is 10.3 Å². The third-order valence-corrected chi connectivity index (χ3v) is 3.54. The molecule has 0 spiro atoms. The smallest absolute Gasteiger partial charge is 0.275 e. The summed E-state index contributed by atoms with van der Waals surface area (Å²) in [4.78, 5) is 16.5. The molecule has 1 heterocycles. The summed E-state index contributed by atoms with van der Waals surface area (Å²) in [6.07, 6.45) is 1.74. The molecule has 0 bridgehead atoms. The van der Waals surface area contributed by atoms with E-state index in [1.54, 1.807) is 18.2 Å². The number of benzene rings is 2. The van der Waals surface area contributed by atoms with E-state index in [1.807, 2.05) is 43.3 Å². The molecule has 1 N–H and O–H groups in total. The Morgan fingerprint density at radius 2 is 2.00 bits per heavy atom. The van der Waals surface area contributed by atoms with Crippen molar-refractivity contribution in [2.75, 3.05) is 6.61 Å². The fraction of sp³-hybridized carbons (Fsp3) is 0.111. The molecule has 5 heteroatoms. The van der Waals surface area contributed by atoms with Gasteiger partial charge >= 0.3 is 0 Å². The van der Waals surface area contributed by atoms with Gasteiger partial charge in [-0.05, 0) is 55.0 Å². The zero-order valence-corrected chi connectivity index (χ0v) is 13.3. The fourth-order valence-corrected chi connectivity index (χ4v) is 2.36. The Morgan fingerprint density at radius 3 is 2.74 bits per heavy atom. The lowest BCUT2D eigenvalue weighted by Gasteiger charge is -2.03. The van der Waals surface area contributed by atoms with Gasteiger partial charge < -0.3 is 10.1 Å². The number of nitrogens with one attached hydrogen (secondary N) is 1. The molecule has 3 rings (SSSR count). The molecule has 0 fully saturated rings. The summed E-state index contributed by atoms with van der Waals surface area (Å²) in [5.41, 5.74) is 2.04. The van der Waals surface area contributed by atoms with Gasteiger partial charge in [-0.1, -0.05) is 23.7 Å². The topological polar surface area (TPSA) is 50.7 Å². The number of ether oxygens (including phenoxy) is 1. The number of carbonyl (C=O) groups excluding carboxylic acids is 1. The number of amides is 1. The van der Waals surface area contributed by atoms with Crippen LogP contribution in [0.1, 0.15) is 18.1 Å². The number of carbonyl (C=O) groups is 1. The Labute approximate surface area is 139 Å². The van der Waals surface area contributed by atoms with Crippen molar-refractivity contribution in [2.45, 2.75) is 6.92 Å². The Balaban J connectivity index is 1.88. The average molecular weight is 327 g/mol. The van der Waals surface area contributed by atoms with Gasteiger partial charge in [-0.3, -0.25) is 4.79 Å². The largest absolute Gasteiger partial charge is 0.494 e. The zero-order valence-electron chi connectivity index (χ0n) is 12.5. The lowest BCUT2D eigenvalue weighted by Crippen LogP contribution is -2.24. The normalized spacial score (nSPS) is 15.5. The van der Waals surface area contributed by atoms with Crippen LogP contribution in [0, 0.1) is 0 Å². The molecule has 0 unspecified atom stereocenters. The van der Waals surface area contributed by atoms with Crippen LogP contribution in [0.25, 0.3) is 6.08 Å². The van der Waals surface area contributed by atoms with Gasteiger partial charge in [0.25, 0.3) is 5.91 Å². The third-order valence-electron chi connectivity index (χ3n) is 3.29. The van der Waals surface area contributed by atoms with Crippen molar-refractivity contribution in [3.8, 4) is 5.75 Å². The van der Waals surface area contributed by atoms with Crippen LogP contribution in [0.5, 0.6) is 5.75 Å². The van der Waals surface area contributed by atoms with Gasteiger partial charge in [0.15, 0.2) is 0 Å². The average Bonchev–Trinajstić information content (AvgIpc) is 2.90. The number of aliphatic imine (C=N–C) groups is 1. The van der Waals surface area contributed by atoms with E-state index in [-0.39, 0.29) is 5.91 Å². The molecular weight excluding hydrogens is 312 g/mol. The van der Waals surface area contributed by atoms with E-state index < -0.39 is 0 Å². The Bertz CT molecular complexity index is 795. The maximum atomic E-state index is 12.1. The van der Waals surface area contributed by atoms with E-state index in [4.69, 9.17) is 16.3 Å². The minimum atomic E-state index is -0.225. The molecular formula is C18H15ClN2O2. The molecule has 1 aliphatic heterocycles. The van der Waals surface area contributed by atoms with E-state index >= 15 is 0 Å². The first-order chi connectivity index (χ1) is 11.2. The Kier molecular flexibility index (Phi) is 4.44. The highest BCUT2D eigenvalue weighted by atomic mass is 35.5. The molecule has 0 atom stereocenters. The van der Waals surface area contributed by atoms with Crippen LogP contribution in [-0.2, 0) is 4.79 Å². The predicted molar refractivity (Wildman–Crippen MR) is 91.7 cm³/mol. The number of amidine groups is 1. The third kappa shape index (κ3) is 3.60. The Morgan fingerprint density at radius 1 is 1.22 bits per heavy atom. The van der Waals surface area contributed by atoms with Crippen molar-refractivity contribution in [1.82, 2.24) is 5.32 Å². The van der Waals surface area contributed by atoms with Crippen molar-refractivity contribution in [3.63, 3.8) is 0 Å². The molecule has 23 heavy (non-hydrogen) atoms. The van der Waals surface area contributed by atoms with E-state index in [0.717, 1.165) is 16.9 Å². The first-order valence-corrected chi connectivity index (χ1v) is 7.64. The monoisotopic (exact) mass is 326 g/mol. The predicted octanol–water partition coefficient (Wildman–Crippen LogP) is 3.66. The van der Waals surface area contributed by atoms with Crippen LogP contribution < -0.4 is 10.1 Å². The molecule has 0 saturated carbocycles. The Hall–Kier alpha value is -2.59. The molecule has 1 aliphatic rings. The SMILES string of the molecule is CCOc1cccc(/C=C2/N=C(c3ccc(Cl)cc3)NC2=O)c1. The maximum absolute atomic E-state index is 12.1. The summed E-state index contributed by atoms with van der Waals surface area (Å²) in [6, 6.07) is 14.7. The van der Waals surface area contributed by atoms with Crippen molar-refractivity contribution >= 4 is 29.4 Å². The van der Waals surface area contributed by atoms with Crippen molar-refractivity contribution in [1.29, 1.82) is 0 Å². The van der Waals surface area contributed by atoms with Crippen molar-refractivity contribution in [3.05, 3.63) is 70.4 Å². The fourth-order valence-electron chi connectivity index (χ4n) is 2.23. The minimum Gasteiger partial charge on any atom is -0.494 e. The quantitative estimate of drug-likeness (QED) is 0.872. The summed E-state index contributed by atoms with van der Waals surface area (Å²) < 4.78 is 5.46. The summed E-state index contributed by atoms with van der Waals surface area (Å²) >= 11 is 5.87. The van der Waals surface area contributed by atoms with Crippen molar-refractivity contribution < 1.29 is 9.53 Å². The number of hydrogen-bond acceptors (Lipinski definition) is 3. The molecule has 116 valence electrons. The molecule has 4 nitrogen and oxygen atoms in total. The number of halogens is 1. The summed E-state index contributed by atoms with van der Waals surface area (Å²) in [7, 11) is 0. The van der Waals surface area contributed by atoms with Crippen LogP contribution in [0.4, 0.5) is 0 Å². The minimum absolute atomic E-state index is 0.225. The van der Waals surface area contributed by atoms with Crippen LogP contribution in [0.15, 0.2) is 59.2 Å². The number of hydrogen-bond donors (Lipinski definition) is 1. The lowest BCUT2D eigenvalue weighted by molar-refractivity contribution is -0.115. The van der Waals surface area contributed by atoms with E-state index in [9.17, 15) is 4.79 Å². The summed E-state index contributed by atoms with van der Waals surface area (Å²) in [5, 5.41) is 3.41. The number of rotatable bonds is 4. The second-order valence-corrected chi connectivity index (χ2v) is 5.39. The van der Waals surface area contributed by atoms with Gasteiger partial charge in [0.1, 0.15) is 17.3 Å². The zero-order chi connectivity index (χ0) is 16.2. The van der Waals surface area contributed by atoms with Crippen molar-refractivity contribution in [2.24, 2.45) is 4.99 Å². The lowest BCUT2D eigenvalue weighted by atomic mass is 10.2. The molecule has 2 aromatic carbocycles. The highest BCUT2D eigenvalue weighted by molar-refractivity contribution is 6.30. The standard InChI is InChI=1S/C18H15ClN2O2/c1-2-23-15-5-3-4-12(10-15)11-16-18(22)21-17(20-16)13-6-8-14(19)9-7-13/h3-11H,2H2,1H3,(H,20,21,22)/b16-11+. The second-order valence-electron chi connectivity index (χ2n) is 4.96. The summed E-state index contributed by atoms with van der Waals surface area (Å²) in [6.45, 7) is 2.53. The van der Waals surface area contributed by atoms with Gasteiger partial charge in [-0.15, -0.1) is 0 Å². The molecule has 0 aromatic heterocycles. The molecule has 0 saturated heterocycles. The molecule has 2 aromatic rings. The highest BCUT2D eigenvalue weighted by Crippen LogP contribution is 2.19. The van der Waals surface area contributed by atoms with Crippen LogP contribution in [-0.4, -0.2) is 18.3 Å². The second kappa shape index (κ2) is 6.67. The molecule has 1 amide bonds. The van der Waals surface area contributed by atoms with Crippen LogP contribution in [0.3, 0.4) is 0 Å². The maximum Gasteiger partial charge on any atom is 0.275 e. The van der Waals surface area contributed by atoms with Crippen LogP contribution >= 0.6 is 11.6 Å². The van der Waals surface area contributed by atoms with Gasteiger partial charge in [0.05, 0.1) is 6.61 Å². The van der Waals surface area contributed by atoms with Gasteiger partial charge in [0.2, 0.25) is 0 Å². The van der Waals surface area contributed by atoms with Gasteiger partial charge in [0, 0.05) is 10.6 Å². The van der Waals surface area contributed by atoms with Crippen LogP contribution in [0.2, 0.25) is 5.02 Å².